The molecule has 2 heterocycles. The first kappa shape index (κ1) is 15.1. The summed E-state index contributed by atoms with van der Waals surface area (Å²) in [6.07, 6.45) is 0.445. The predicted molar refractivity (Wildman–Crippen MR) is 91.8 cm³/mol. The molecule has 1 atom stereocenters. The smallest absolute Gasteiger partial charge is 0.262 e. The molecular formula is C18H13BrN2O3. The third kappa shape index (κ3) is 2.17. The molecule has 0 saturated carbocycles. The number of hydrogen-bond acceptors (Lipinski definition) is 3. The summed E-state index contributed by atoms with van der Waals surface area (Å²) >= 11 is 3.37. The van der Waals surface area contributed by atoms with Gasteiger partial charge in [-0.15, -0.1) is 0 Å². The fraction of sp³-hybridized carbons (Fsp3) is 0.167. The summed E-state index contributed by atoms with van der Waals surface area (Å²) in [4.78, 5) is 40.6. The summed E-state index contributed by atoms with van der Waals surface area (Å²) in [5, 5.41) is 0. The van der Waals surface area contributed by atoms with Gasteiger partial charge in [-0.2, -0.15) is 0 Å². The third-order valence-corrected chi connectivity index (χ3v) is 4.98. The van der Waals surface area contributed by atoms with Crippen LogP contribution in [0.15, 0.2) is 53.0 Å². The van der Waals surface area contributed by atoms with Crippen LogP contribution >= 0.6 is 15.9 Å². The summed E-state index contributed by atoms with van der Waals surface area (Å²) in [7, 11) is 0. The molecular weight excluding hydrogens is 372 g/mol. The Bertz CT molecular complexity index is 828. The number of rotatable bonds is 2. The fourth-order valence-corrected chi connectivity index (χ4v) is 3.54. The molecule has 0 aromatic heterocycles. The predicted octanol–water partition coefficient (Wildman–Crippen LogP) is 2.85. The van der Waals surface area contributed by atoms with Crippen molar-refractivity contribution in [1.29, 1.82) is 0 Å². The molecule has 0 N–H and O–H groups in total. The average Bonchev–Trinajstić information content (AvgIpc) is 3.08. The standard InChI is InChI=1S/C18H13BrN2O3/c19-11-5-7-12(8-6-11)20-10-9-15(18(20)24)21-16(22)13-3-1-2-4-14(13)17(21)23/h1-8,15H,9-10H2. The van der Waals surface area contributed by atoms with Crippen molar-refractivity contribution in [3.05, 3.63) is 64.1 Å². The number of imide groups is 1. The van der Waals surface area contributed by atoms with E-state index in [-0.39, 0.29) is 17.7 Å². The molecule has 120 valence electrons. The highest BCUT2D eigenvalue weighted by Gasteiger charge is 2.46. The Hall–Kier alpha value is -2.47. The van der Waals surface area contributed by atoms with E-state index in [1.54, 1.807) is 29.2 Å². The first-order chi connectivity index (χ1) is 11.6. The van der Waals surface area contributed by atoms with Crippen LogP contribution in [0.1, 0.15) is 27.1 Å². The van der Waals surface area contributed by atoms with Gasteiger partial charge >= 0.3 is 0 Å². The van der Waals surface area contributed by atoms with E-state index < -0.39 is 6.04 Å². The maximum atomic E-state index is 12.8. The van der Waals surface area contributed by atoms with Gasteiger partial charge in [0, 0.05) is 16.7 Å². The van der Waals surface area contributed by atoms with Crippen molar-refractivity contribution < 1.29 is 14.4 Å². The molecule has 1 saturated heterocycles. The van der Waals surface area contributed by atoms with Gasteiger partial charge in [-0.1, -0.05) is 28.1 Å². The molecule has 1 unspecified atom stereocenters. The molecule has 0 aliphatic carbocycles. The summed E-state index contributed by atoms with van der Waals surface area (Å²) in [5.74, 6) is -0.981. The highest BCUT2D eigenvalue weighted by Crippen LogP contribution is 2.31. The minimum absolute atomic E-state index is 0.216. The molecule has 0 spiro atoms. The molecule has 2 aromatic rings. The second-order valence-electron chi connectivity index (χ2n) is 5.80. The van der Waals surface area contributed by atoms with Crippen molar-refractivity contribution in [3.63, 3.8) is 0 Å². The first-order valence-electron chi connectivity index (χ1n) is 7.62. The van der Waals surface area contributed by atoms with E-state index in [4.69, 9.17) is 0 Å². The number of carbonyl (C=O) groups excluding carboxylic acids is 3. The van der Waals surface area contributed by atoms with Gasteiger partial charge in [0.2, 0.25) is 5.91 Å². The summed E-state index contributed by atoms with van der Waals surface area (Å²) in [6, 6.07) is 13.4. The second-order valence-corrected chi connectivity index (χ2v) is 6.71. The molecule has 6 heteroatoms. The van der Waals surface area contributed by atoms with Crippen LogP contribution in [0.2, 0.25) is 0 Å². The highest BCUT2D eigenvalue weighted by atomic mass is 79.9. The van der Waals surface area contributed by atoms with Crippen LogP contribution < -0.4 is 4.90 Å². The van der Waals surface area contributed by atoms with Crippen LogP contribution in [-0.4, -0.2) is 35.2 Å². The number of hydrogen-bond donors (Lipinski definition) is 0. The molecule has 0 radical (unpaired) electrons. The molecule has 0 bridgehead atoms. The lowest BCUT2D eigenvalue weighted by Gasteiger charge is -2.22. The lowest BCUT2D eigenvalue weighted by atomic mass is 10.1. The Labute approximate surface area is 147 Å². The van der Waals surface area contributed by atoms with Gasteiger partial charge < -0.3 is 4.90 Å². The minimum atomic E-state index is -0.735. The number of carbonyl (C=O) groups is 3. The van der Waals surface area contributed by atoms with Gasteiger partial charge in [0.05, 0.1) is 11.1 Å². The van der Waals surface area contributed by atoms with E-state index in [9.17, 15) is 14.4 Å². The maximum absolute atomic E-state index is 12.8. The Kier molecular flexibility index (Phi) is 3.49. The van der Waals surface area contributed by atoms with Crippen LogP contribution in [0, 0.1) is 0 Å². The minimum Gasteiger partial charge on any atom is -0.311 e. The third-order valence-electron chi connectivity index (χ3n) is 4.45. The van der Waals surface area contributed by atoms with E-state index >= 15 is 0 Å². The van der Waals surface area contributed by atoms with Crippen LogP contribution in [-0.2, 0) is 4.79 Å². The monoisotopic (exact) mass is 384 g/mol. The largest absolute Gasteiger partial charge is 0.311 e. The summed E-state index contributed by atoms with van der Waals surface area (Å²) < 4.78 is 0.926. The molecule has 24 heavy (non-hydrogen) atoms. The number of fused-ring (bicyclic) bond motifs is 1. The number of halogens is 1. The molecule has 2 aromatic carbocycles. The number of anilines is 1. The molecule has 3 amide bonds. The van der Waals surface area contributed by atoms with Crippen molar-refractivity contribution in [2.24, 2.45) is 0 Å². The van der Waals surface area contributed by atoms with Crippen LogP contribution in [0.4, 0.5) is 5.69 Å². The van der Waals surface area contributed by atoms with Crippen LogP contribution in [0.5, 0.6) is 0 Å². The fourth-order valence-electron chi connectivity index (χ4n) is 3.27. The molecule has 5 nitrogen and oxygen atoms in total. The zero-order chi connectivity index (χ0) is 16.8. The zero-order valence-corrected chi connectivity index (χ0v) is 14.2. The lowest BCUT2D eigenvalue weighted by molar-refractivity contribution is -0.120. The molecule has 2 aliphatic heterocycles. The van der Waals surface area contributed by atoms with Crippen LogP contribution in [0.3, 0.4) is 0 Å². The molecule has 2 aliphatic rings. The van der Waals surface area contributed by atoms with Crippen molar-refractivity contribution in [2.45, 2.75) is 12.5 Å². The van der Waals surface area contributed by atoms with E-state index in [0.717, 1.165) is 15.1 Å². The van der Waals surface area contributed by atoms with Crippen LogP contribution in [0.25, 0.3) is 0 Å². The molecule has 4 rings (SSSR count). The lowest BCUT2D eigenvalue weighted by Crippen LogP contribution is -2.45. The maximum Gasteiger partial charge on any atom is 0.262 e. The Morgan fingerprint density at radius 1 is 0.875 bits per heavy atom. The Balaban J connectivity index is 1.63. The Morgan fingerprint density at radius 3 is 2.04 bits per heavy atom. The quantitative estimate of drug-likeness (QED) is 0.748. The highest BCUT2D eigenvalue weighted by molar-refractivity contribution is 9.10. The van der Waals surface area contributed by atoms with Crippen molar-refractivity contribution in [1.82, 2.24) is 4.90 Å². The van der Waals surface area contributed by atoms with Crippen molar-refractivity contribution in [2.75, 3.05) is 11.4 Å². The van der Waals surface area contributed by atoms with Gasteiger partial charge in [0.15, 0.2) is 0 Å². The number of benzene rings is 2. The molecule has 1 fully saturated rings. The van der Waals surface area contributed by atoms with Gasteiger partial charge in [-0.3, -0.25) is 19.3 Å². The Morgan fingerprint density at radius 2 is 1.46 bits per heavy atom. The van der Waals surface area contributed by atoms with E-state index in [1.165, 1.54) is 0 Å². The SMILES string of the molecule is O=C1C(N2C(=O)c3ccccc3C2=O)CCN1c1ccc(Br)cc1. The first-order valence-corrected chi connectivity index (χ1v) is 8.41. The summed E-state index contributed by atoms with van der Waals surface area (Å²) in [6.45, 7) is 0.485. The normalized spacial score (nSPS) is 20.0. The topological polar surface area (TPSA) is 57.7 Å². The van der Waals surface area contributed by atoms with E-state index in [2.05, 4.69) is 15.9 Å². The number of nitrogens with zero attached hydrogens (tertiary/aromatic N) is 2. The van der Waals surface area contributed by atoms with Gasteiger partial charge in [0.25, 0.3) is 11.8 Å². The number of amides is 3. The van der Waals surface area contributed by atoms with Gasteiger partial charge in [-0.05, 0) is 42.8 Å². The second kappa shape index (κ2) is 5.56. The zero-order valence-electron chi connectivity index (χ0n) is 12.6. The summed E-state index contributed by atoms with van der Waals surface area (Å²) in [5.41, 5.74) is 1.51. The van der Waals surface area contributed by atoms with E-state index in [0.29, 0.717) is 24.1 Å². The average molecular weight is 385 g/mol. The van der Waals surface area contributed by atoms with E-state index in [1.807, 2.05) is 24.3 Å². The van der Waals surface area contributed by atoms with Crippen molar-refractivity contribution in [3.8, 4) is 0 Å². The van der Waals surface area contributed by atoms with Gasteiger partial charge in [0.1, 0.15) is 6.04 Å². The van der Waals surface area contributed by atoms with Gasteiger partial charge in [-0.25, -0.2) is 0 Å². The van der Waals surface area contributed by atoms with Crippen molar-refractivity contribution >= 4 is 39.3 Å².